The molecule has 44 heavy (non-hydrogen) atoms. The summed E-state index contributed by atoms with van der Waals surface area (Å²) < 4.78 is 26.4. The molecule has 0 unspecified atom stereocenters. The van der Waals surface area contributed by atoms with Crippen LogP contribution in [0.5, 0.6) is 0 Å². The van der Waals surface area contributed by atoms with Crippen LogP contribution in [0.15, 0.2) is 77.7 Å². The average molecular weight is 665 g/mol. The molecule has 4 aromatic carbocycles. The fraction of sp³-hybridized carbons (Fsp3) is 0.0667. The van der Waals surface area contributed by atoms with Crippen LogP contribution in [-0.4, -0.2) is 46.9 Å². The number of carbonyl (C=O) groups excluding carboxylic acids is 2. The predicted octanol–water partition coefficient (Wildman–Crippen LogP) is 6.13. The highest BCUT2D eigenvalue weighted by Crippen LogP contribution is 2.42. The molecular weight excluding hydrogens is 644 g/mol. The summed E-state index contributed by atoms with van der Waals surface area (Å²) in [5, 5.41) is 20.6. The van der Waals surface area contributed by atoms with E-state index >= 15 is 0 Å². The minimum absolute atomic E-state index is 0.104. The largest absolute Gasteiger partial charge is 0.288 e. The summed E-state index contributed by atoms with van der Waals surface area (Å²) in [6, 6.07) is 20.1. The zero-order valence-electron chi connectivity index (χ0n) is 22.7. The van der Waals surface area contributed by atoms with Gasteiger partial charge in [0.2, 0.25) is 0 Å². The van der Waals surface area contributed by atoms with Gasteiger partial charge in [0.1, 0.15) is 5.01 Å². The highest BCUT2D eigenvalue weighted by molar-refractivity contribution is 7.90. The first-order valence-corrected chi connectivity index (χ1v) is 16.8. The lowest BCUT2D eigenvalue weighted by molar-refractivity contribution is 0.0702. The smallest absolute Gasteiger partial charge is 0.274 e. The number of thiazole rings is 2. The number of nitrogens with one attached hydrogen (secondary N) is 2. The predicted molar refractivity (Wildman–Crippen MR) is 170 cm³/mol. The normalized spacial score (nSPS) is 11.6. The van der Waals surface area contributed by atoms with E-state index in [1.807, 2.05) is 12.1 Å². The van der Waals surface area contributed by atoms with Gasteiger partial charge in [-0.2, -0.15) is 0 Å². The molecule has 0 fully saturated rings. The van der Waals surface area contributed by atoms with Crippen LogP contribution in [0, 0.1) is 0 Å². The van der Waals surface area contributed by atoms with Crippen molar-refractivity contribution in [3.05, 3.63) is 99.5 Å². The number of nitrogens with zero attached hydrogens (tertiary/aromatic N) is 2. The van der Waals surface area contributed by atoms with Gasteiger partial charge in [0.15, 0.2) is 9.84 Å². The van der Waals surface area contributed by atoms with Crippen molar-refractivity contribution < 1.29 is 28.4 Å². The van der Waals surface area contributed by atoms with Crippen molar-refractivity contribution in [2.45, 2.75) is 11.3 Å². The number of carbonyl (C=O) groups is 2. The molecule has 0 aliphatic carbocycles. The number of benzene rings is 4. The van der Waals surface area contributed by atoms with Gasteiger partial charge >= 0.3 is 0 Å². The number of hydrogen-bond donors (Lipinski definition) is 4. The molecule has 0 saturated heterocycles. The first-order valence-electron chi connectivity index (χ1n) is 12.9. The van der Waals surface area contributed by atoms with Crippen LogP contribution >= 0.6 is 34.3 Å². The van der Waals surface area contributed by atoms with Crippen LogP contribution in [0.4, 0.5) is 0 Å². The zero-order chi connectivity index (χ0) is 31.2. The molecule has 10 nitrogen and oxygen atoms in total. The van der Waals surface area contributed by atoms with Gasteiger partial charge in [0.25, 0.3) is 11.8 Å². The number of fused-ring (bicyclic) bond motifs is 2. The monoisotopic (exact) mass is 664 g/mol. The van der Waals surface area contributed by atoms with Crippen molar-refractivity contribution in [3.63, 3.8) is 0 Å². The summed E-state index contributed by atoms with van der Waals surface area (Å²) in [6.45, 7) is 0. The van der Waals surface area contributed by atoms with Crippen molar-refractivity contribution in [1.29, 1.82) is 0 Å². The molecule has 6 rings (SSSR count). The minimum Gasteiger partial charge on any atom is -0.288 e. The Labute approximate surface area is 263 Å². The molecule has 14 heteroatoms. The highest BCUT2D eigenvalue weighted by Gasteiger charge is 2.23. The second-order valence-electron chi connectivity index (χ2n) is 9.82. The van der Waals surface area contributed by atoms with E-state index in [1.54, 1.807) is 59.5 Å². The van der Waals surface area contributed by atoms with Crippen molar-refractivity contribution in [3.8, 4) is 21.7 Å². The Morgan fingerprint density at radius 2 is 1.50 bits per heavy atom. The van der Waals surface area contributed by atoms with Gasteiger partial charge in [-0.1, -0.05) is 41.9 Å². The van der Waals surface area contributed by atoms with Crippen molar-refractivity contribution in [1.82, 2.24) is 20.9 Å². The van der Waals surface area contributed by atoms with E-state index in [2.05, 4.69) is 0 Å². The number of hydroxylamine groups is 2. The van der Waals surface area contributed by atoms with Gasteiger partial charge in [-0.05, 0) is 48.0 Å². The van der Waals surface area contributed by atoms with E-state index in [0.29, 0.717) is 53.6 Å². The van der Waals surface area contributed by atoms with Crippen molar-refractivity contribution in [2.75, 3.05) is 6.26 Å². The molecule has 0 spiro atoms. The molecule has 0 aliphatic rings. The molecule has 0 radical (unpaired) electrons. The lowest BCUT2D eigenvalue weighted by atomic mass is 9.98. The van der Waals surface area contributed by atoms with Gasteiger partial charge < -0.3 is 0 Å². The quantitative estimate of drug-likeness (QED) is 0.117. The first kappa shape index (κ1) is 29.8. The third kappa shape index (κ3) is 5.68. The Hall–Kier alpha value is -4.24. The maximum Gasteiger partial charge on any atom is 0.274 e. The summed E-state index contributed by atoms with van der Waals surface area (Å²) in [5.74, 6) is -1.53. The molecule has 2 amide bonds. The third-order valence-electron chi connectivity index (χ3n) is 6.83. The molecule has 0 atom stereocenters. The molecule has 222 valence electrons. The van der Waals surface area contributed by atoms with Gasteiger partial charge in [-0.3, -0.25) is 20.0 Å². The van der Waals surface area contributed by atoms with E-state index in [4.69, 9.17) is 21.6 Å². The Balaban J connectivity index is 1.62. The maximum absolute atomic E-state index is 12.6. The van der Waals surface area contributed by atoms with Crippen LogP contribution in [0.3, 0.4) is 0 Å². The van der Waals surface area contributed by atoms with Crippen LogP contribution in [0.25, 0.3) is 42.1 Å². The summed E-state index contributed by atoms with van der Waals surface area (Å²) in [5.41, 5.74) is 6.78. The summed E-state index contributed by atoms with van der Waals surface area (Å²) >= 11 is 8.61. The van der Waals surface area contributed by atoms with Crippen LogP contribution in [0.1, 0.15) is 31.3 Å². The Bertz CT molecular complexity index is 2210. The van der Waals surface area contributed by atoms with Crippen molar-refractivity contribution >= 4 is 76.4 Å². The highest BCUT2D eigenvalue weighted by atomic mass is 35.5. The molecule has 2 heterocycles. The van der Waals surface area contributed by atoms with E-state index in [1.165, 1.54) is 34.8 Å². The fourth-order valence-corrected chi connectivity index (χ4v) is 8.10. The number of aromatic nitrogens is 2. The molecule has 0 saturated carbocycles. The average Bonchev–Trinajstić information content (AvgIpc) is 3.64. The number of amides is 2. The number of hydrogen-bond acceptors (Lipinski definition) is 10. The lowest BCUT2D eigenvalue weighted by Crippen LogP contribution is -2.19. The SMILES string of the molecule is CS(=O)(=O)c1ccccc1-c1nc2c(-c3cc(C(=O)NO)cc4nc(Cc5ccc(Cl)cc5)sc34)cc(C(=O)NO)cc2s1. The van der Waals surface area contributed by atoms with Gasteiger partial charge in [0.05, 0.1) is 30.3 Å². The maximum atomic E-state index is 12.6. The minimum atomic E-state index is -3.59. The van der Waals surface area contributed by atoms with E-state index in [0.717, 1.165) is 16.8 Å². The second kappa shape index (κ2) is 11.7. The number of sulfone groups is 1. The van der Waals surface area contributed by atoms with E-state index in [9.17, 15) is 28.4 Å². The van der Waals surface area contributed by atoms with E-state index in [-0.39, 0.29) is 16.0 Å². The van der Waals surface area contributed by atoms with Gasteiger partial charge in [0, 0.05) is 45.5 Å². The summed E-state index contributed by atoms with van der Waals surface area (Å²) in [7, 11) is -3.59. The van der Waals surface area contributed by atoms with E-state index < -0.39 is 21.7 Å². The zero-order valence-corrected chi connectivity index (χ0v) is 25.9. The summed E-state index contributed by atoms with van der Waals surface area (Å²) in [6.07, 6.45) is 1.61. The van der Waals surface area contributed by atoms with Crippen LogP contribution < -0.4 is 11.0 Å². The molecule has 6 aromatic rings. The molecule has 0 bridgehead atoms. The summed E-state index contributed by atoms with van der Waals surface area (Å²) in [4.78, 5) is 34.9. The van der Waals surface area contributed by atoms with Crippen LogP contribution in [0.2, 0.25) is 5.02 Å². The third-order valence-corrected chi connectivity index (χ3v) is 10.4. The second-order valence-corrected chi connectivity index (χ2v) is 14.4. The molecule has 2 aromatic heterocycles. The molecular formula is C30H21ClN4O6S3. The Morgan fingerprint density at radius 3 is 2.18 bits per heavy atom. The number of halogens is 1. The Kier molecular flexibility index (Phi) is 7.92. The lowest BCUT2D eigenvalue weighted by Gasteiger charge is -2.09. The standard InChI is InChI=1S/C30H21ClN4O6S3/c1-44(40,41)24-5-3-2-4-19(24)30-33-26-20(11-17(29(37)35-39)14-23(26)42-30)21-12-16(28(36)34-38)13-22-27(21)43-25(32-22)10-15-6-8-18(31)9-7-15/h2-9,11-14,38-39H,10H2,1H3,(H,34,36)(H,35,37). The van der Waals surface area contributed by atoms with Crippen molar-refractivity contribution in [2.24, 2.45) is 0 Å². The topological polar surface area (TPSA) is 159 Å². The van der Waals surface area contributed by atoms with Gasteiger partial charge in [-0.25, -0.2) is 29.3 Å². The molecule has 0 aliphatic heterocycles. The van der Waals surface area contributed by atoms with Gasteiger partial charge in [-0.15, -0.1) is 22.7 Å². The Morgan fingerprint density at radius 1 is 0.841 bits per heavy atom. The fourth-order valence-electron chi connectivity index (χ4n) is 4.84. The molecule has 4 N–H and O–H groups in total. The van der Waals surface area contributed by atoms with Crippen LogP contribution in [-0.2, 0) is 16.3 Å². The number of rotatable bonds is 7. The first-order chi connectivity index (χ1) is 21.0.